The van der Waals surface area contributed by atoms with Crippen LogP contribution in [0.4, 0.5) is 11.6 Å². The summed E-state index contributed by atoms with van der Waals surface area (Å²) in [6, 6.07) is 32.9. The van der Waals surface area contributed by atoms with Crippen LogP contribution in [0.5, 0.6) is 0 Å². The lowest BCUT2D eigenvalue weighted by Crippen LogP contribution is -2.32. The van der Waals surface area contributed by atoms with Gasteiger partial charge in [-0.15, -0.1) is 0 Å². The first-order valence-corrected chi connectivity index (χ1v) is 24.6. The lowest BCUT2D eigenvalue weighted by atomic mass is 9.89. The zero-order chi connectivity index (χ0) is 49.6. The van der Waals surface area contributed by atoms with E-state index in [0.29, 0.717) is 46.0 Å². The van der Waals surface area contributed by atoms with E-state index in [1.54, 1.807) is 0 Å². The van der Waals surface area contributed by atoms with E-state index >= 15 is 0 Å². The van der Waals surface area contributed by atoms with Crippen molar-refractivity contribution in [1.82, 2.24) is 9.13 Å². The predicted octanol–water partition coefficient (Wildman–Crippen LogP) is 5.33. The fourth-order valence-electron chi connectivity index (χ4n) is 12.8. The minimum atomic E-state index is 0.117. The highest BCUT2D eigenvalue weighted by Crippen LogP contribution is 2.48. The molecule has 10 aromatic rings. The van der Waals surface area contributed by atoms with E-state index in [0.717, 1.165) is 131 Å². The minimum Gasteiger partial charge on any atom is -0.326 e. The lowest BCUT2D eigenvalue weighted by Gasteiger charge is -2.17. The van der Waals surface area contributed by atoms with Crippen LogP contribution in [0, 0.1) is 0 Å². The molecule has 0 fully saturated rings. The number of hydrogen-bond donors (Lipinski definition) is 8. The first-order chi connectivity index (χ1) is 35.9. The highest BCUT2D eigenvalue weighted by Gasteiger charge is 2.37. The molecule has 14 rings (SSSR count). The Morgan fingerprint density at radius 1 is 0.288 bits per heavy atom. The quantitative estimate of drug-likeness (QED) is 0.0983. The number of rotatable bonds is 8. The molecular formula is C57H50N16. The maximum Gasteiger partial charge on any atom is 0.165 e. The first kappa shape index (κ1) is 43.6. The van der Waals surface area contributed by atoms with Crippen molar-refractivity contribution in [2.45, 2.75) is 59.0 Å². The van der Waals surface area contributed by atoms with Gasteiger partial charge < -0.3 is 45.9 Å². The van der Waals surface area contributed by atoms with E-state index in [1.165, 1.54) is 0 Å². The third-order valence-corrected chi connectivity index (χ3v) is 15.7. The van der Waals surface area contributed by atoms with Crippen LogP contribution in [0.2, 0.25) is 0 Å². The van der Waals surface area contributed by atoms with E-state index in [9.17, 15) is 0 Å². The van der Waals surface area contributed by atoms with E-state index < -0.39 is 0 Å². The first-order valence-electron chi connectivity index (χ1n) is 24.6. The van der Waals surface area contributed by atoms with Crippen molar-refractivity contribution in [2.75, 3.05) is 0 Å². The Balaban J connectivity index is 1.31. The third-order valence-electron chi connectivity index (χ3n) is 15.7. The van der Waals surface area contributed by atoms with Gasteiger partial charge in [-0.1, -0.05) is 97.1 Å². The van der Waals surface area contributed by atoms with Gasteiger partial charge in [-0.05, 0) is 87.6 Å². The van der Waals surface area contributed by atoms with E-state index in [-0.39, 0.29) is 59.0 Å². The molecule has 16 nitrogen and oxygen atoms in total. The molecule has 16 N–H and O–H groups in total. The molecule has 0 saturated heterocycles. The van der Waals surface area contributed by atoms with Gasteiger partial charge in [0.1, 0.15) is 29.3 Å². The van der Waals surface area contributed by atoms with Crippen LogP contribution in [0.15, 0.2) is 127 Å². The summed E-state index contributed by atoms with van der Waals surface area (Å²) in [6.07, 6.45) is 0. The Hall–Kier alpha value is -8.16. The smallest absolute Gasteiger partial charge is 0.165 e. The standard InChI is InChI=1S/C57H50N16/c58-17-34-26-9-1-2-10-27(26)35(18-59)43-42(34)50-66-51(43)69-55-48-40(23-64)32-15-7-8-16-33(32)41(24-65)49(48)57-71-53-45-37(20-61)29-12-4-3-11-28(29)36(19-60)44(45)52(67-53)70-56-47-39(22-63)31-14-6-5-13-30(31)38(21-62)46(47)54(68-50)72(56)25-73(55)57/h1-16H,17-25,58-65H2/b68-50-,68-54?,69-51?,69-55-,70-52-,70-56?,71-53?,71-57-. The van der Waals surface area contributed by atoms with Gasteiger partial charge in [0, 0.05) is 96.2 Å². The molecule has 0 radical (unpaired) electrons. The Labute approximate surface area is 416 Å². The molecule has 8 aromatic carbocycles. The predicted molar refractivity (Wildman–Crippen MR) is 293 cm³/mol. The van der Waals surface area contributed by atoms with Crippen LogP contribution in [-0.4, -0.2) is 32.5 Å². The van der Waals surface area contributed by atoms with Crippen molar-refractivity contribution >= 4 is 99.6 Å². The fourth-order valence-corrected chi connectivity index (χ4v) is 12.8. The second kappa shape index (κ2) is 16.2. The molecule has 73 heavy (non-hydrogen) atoms. The maximum atomic E-state index is 6.97. The van der Waals surface area contributed by atoms with Gasteiger partial charge in [-0.2, -0.15) is 0 Å². The van der Waals surface area contributed by atoms with Gasteiger partial charge in [0.2, 0.25) is 0 Å². The third kappa shape index (κ3) is 5.65. The number of nitrogens with two attached hydrogens (primary N) is 8. The summed E-state index contributed by atoms with van der Waals surface area (Å²) in [5, 5.41) is 10.9. The lowest BCUT2D eigenvalue weighted by molar-refractivity contribution is 0.583. The SMILES string of the molecule is NCc1c2c(c(CN)c3ccccc13)/C1=N/c3c4c(CN)c5ccccc5c(CN)c4c4n3Cn3/c(c5c(CN)c6ccccc6c(CN)c5/c3=N/C3=NC(=N\4)/c4c3c(CN)c3ccccc3c4CN)=N\C2=N1. The molecule has 16 heteroatoms. The van der Waals surface area contributed by atoms with Crippen LogP contribution < -0.4 is 56.8 Å². The van der Waals surface area contributed by atoms with Gasteiger partial charge in [-0.3, -0.25) is 9.13 Å². The molecule has 2 aromatic heterocycles. The van der Waals surface area contributed by atoms with Gasteiger partial charge >= 0.3 is 0 Å². The zero-order valence-electron chi connectivity index (χ0n) is 39.8. The Morgan fingerprint density at radius 2 is 0.534 bits per heavy atom. The van der Waals surface area contributed by atoms with Gasteiger partial charge in [-0.25, -0.2) is 30.0 Å². The van der Waals surface area contributed by atoms with E-state index in [2.05, 4.69) is 57.7 Å². The van der Waals surface area contributed by atoms with Crippen molar-refractivity contribution in [3.05, 3.63) is 175 Å². The molecule has 4 aliphatic rings. The summed E-state index contributed by atoms with van der Waals surface area (Å²) in [5.41, 5.74) is 66.4. The monoisotopic (exact) mass is 958 g/mol. The molecule has 6 heterocycles. The van der Waals surface area contributed by atoms with Crippen LogP contribution in [0.25, 0.3) is 64.6 Å². The van der Waals surface area contributed by atoms with Crippen LogP contribution >= 0.6 is 0 Å². The van der Waals surface area contributed by atoms with E-state index in [1.807, 2.05) is 48.5 Å². The normalized spacial score (nSPS) is 16.8. The maximum absolute atomic E-state index is 6.97. The number of hydrogen-bond acceptors (Lipinski definition) is 14. The molecule has 0 unspecified atom stereocenters. The van der Waals surface area contributed by atoms with Crippen molar-refractivity contribution in [2.24, 2.45) is 75.8 Å². The van der Waals surface area contributed by atoms with Crippen molar-refractivity contribution in [3.63, 3.8) is 0 Å². The molecule has 0 aliphatic carbocycles. The molecular weight excluding hydrogens is 909 g/mol. The van der Waals surface area contributed by atoms with Gasteiger partial charge in [0.25, 0.3) is 0 Å². The molecule has 358 valence electrons. The van der Waals surface area contributed by atoms with E-state index in [4.69, 9.17) is 75.8 Å². The fraction of sp³-hybridized carbons (Fsp3) is 0.158. The van der Waals surface area contributed by atoms with Crippen LogP contribution in [0.1, 0.15) is 66.8 Å². The average molecular weight is 959 g/mol. The summed E-state index contributed by atoms with van der Waals surface area (Å²) in [6.45, 7) is 1.60. The van der Waals surface area contributed by atoms with Gasteiger partial charge in [0.05, 0.1) is 0 Å². The number of nitrogens with zero attached hydrogens (tertiary/aromatic N) is 8. The van der Waals surface area contributed by atoms with Gasteiger partial charge in [0.15, 0.2) is 23.3 Å². The summed E-state index contributed by atoms with van der Waals surface area (Å²) in [7, 11) is 0. The molecule has 0 saturated carbocycles. The second-order valence-corrected chi connectivity index (χ2v) is 18.9. The van der Waals surface area contributed by atoms with Crippen molar-refractivity contribution in [1.29, 1.82) is 0 Å². The highest BCUT2D eigenvalue weighted by molar-refractivity contribution is 6.30. The summed E-state index contributed by atoms with van der Waals surface area (Å²) in [4.78, 5) is 34.0. The zero-order valence-corrected chi connectivity index (χ0v) is 39.8. The van der Waals surface area contributed by atoms with Crippen LogP contribution in [0.3, 0.4) is 0 Å². The number of amidine groups is 4. The van der Waals surface area contributed by atoms with Crippen LogP contribution in [-0.2, 0) is 59.0 Å². The molecule has 0 amide bonds. The highest BCUT2D eigenvalue weighted by atomic mass is 15.3. The second-order valence-electron chi connectivity index (χ2n) is 18.9. The average Bonchev–Trinajstić information content (AvgIpc) is 4.13. The number of fused-ring (bicyclic) bond motifs is 18. The molecule has 0 atom stereocenters. The Morgan fingerprint density at radius 3 is 0.808 bits per heavy atom. The Kier molecular flexibility index (Phi) is 9.66. The van der Waals surface area contributed by atoms with Crippen molar-refractivity contribution in [3.8, 4) is 0 Å². The summed E-state index contributed by atoms with van der Waals surface area (Å²) < 4.78 is 4.25. The minimum absolute atomic E-state index is 0.117. The number of aliphatic imine (C=N–C) groups is 4. The Bertz CT molecular complexity index is 4180. The largest absolute Gasteiger partial charge is 0.326 e. The number of benzene rings is 8. The van der Waals surface area contributed by atoms with Crippen molar-refractivity contribution < 1.29 is 0 Å². The molecule has 0 spiro atoms. The summed E-state index contributed by atoms with van der Waals surface area (Å²) in [5.74, 6) is 2.87. The summed E-state index contributed by atoms with van der Waals surface area (Å²) >= 11 is 0. The number of aromatic nitrogens is 2. The topological polar surface area (TPSA) is 292 Å². The molecule has 4 aliphatic heterocycles. The molecule has 6 bridgehead atoms.